The van der Waals surface area contributed by atoms with Crippen LogP contribution in [0.3, 0.4) is 0 Å². The summed E-state index contributed by atoms with van der Waals surface area (Å²) in [5, 5.41) is 3.44. The van der Waals surface area contributed by atoms with Gasteiger partial charge in [0.1, 0.15) is 0 Å². The molecule has 1 saturated heterocycles. The van der Waals surface area contributed by atoms with Crippen molar-refractivity contribution in [2.45, 2.75) is 45.3 Å². The summed E-state index contributed by atoms with van der Waals surface area (Å²) in [6, 6.07) is 0.0271. The van der Waals surface area contributed by atoms with Gasteiger partial charge in [0.15, 0.2) is 0 Å². The molecule has 1 rings (SSSR count). The van der Waals surface area contributed by atoms with Gasteiger partial charge in [-0.05, 0) is 19.9 Å². The summed E-state index contributed by atoms with van der Waals surface area (Å²) in [5.74, 6) is 0.272. The summed E-state index contributed by atoms with van der Waals surface area (Å²) in [6.07, 6.45) is 3.15. The van der Waals surface area contributed by atoms with Gasteiger partial charge >= 0.3 is 0 Å². The van der Waals surface area contributed by atoms with Crippen molar-refractivity contribution in [2.24, 2.45) is 0 Å². The van der Waals surface area contributed by atoms with Gasteiger partial charge in [-0.15, -0.1) is 0 Å². The van der Waals surface area contributed by atoms with Gasteiger partial charge in [0.2, 0.25) is 5.91 Å². The first-order valence-corrected chi connectivity index (χ1v) is 7.38. The summed E-state index contributed by atoms with van der Waals surface area (Å²) in [5.41, 5.74) is 0. The van der Waals surface area contributed by atoms with E-state index in [1.165, 1.54) is 0 Å². The van der Waals surface area contributed by atoms with Crippen LogP contribution in [0.1, 0.15) is 33.1 Å². The minimum atomic E-state index is 0.0271. The molecule has 0 spiro atoms. The van der Waals surface area contributed by atoms with Crippen LogP contribution >= 0.6 is 0 Å². The smallest absolute Gasteiger partial charge is 0.241 e. The zero-order valence-corrected chi connectivity index (χ0v) is 12.8. The van der Waals surface area contributed by atoms with Crippen LogP contribution in [0.25, 0.3) is 0 Å². The predicted molar refractivity (Wildman–Crippen MR) is 77.0 cm³/mol. The second kappa shape index (κ2) is 8.51. The van der Waals surface area contributed by atoms with E-state index < -0.39 is 0 Å². The van der Waals surface area contributed by atoms with Crippen molar-refractivity contribution in [2.75, 3.05) is 40.4 Å². The molecule has 19 heavy (non-hydrogen) atoms. The van der Waals surface area contributed by atoms with Crippen LogP contribution in [-0.4, -0.2) is 68.3 Å². The van der Waals surface area contributed by atoms with Gasteiger partial charge < -0.3 is 14.5 Å². The number of methoxy groups -OCH3 is 1. The Morgan fingerprint density at radius 3 is 2.68 bits per heavy atom. The Bertz CT molecular complexity index is 273. The molecule has 0 saturated carbocycles. The first-order valence-electron chi connectivity index (χ1n) is 7.38. The summed E-state index contributed by atoms with van der Waals surface area (Å²) in [4.78, 5) is 16.5. The zero-order chi connectivity index (χ0) is 14.3. The largest absolute Gasteiger partial charge is 0.383 e. The monoisotopic (exact) mass is 271 g/mol. The summed E-state index contributed by atoms with van der Waals surface area (Å²) in [6.45, 7) is 7.58. The van der Waals surface area contributed by atoms with Crippen LogP contribution in [0.4, 0.5) is 0 Å². The molecule has 1 aliphatic rings. The molecule has 0 aromatic heterocycles. The number of hydrogen-bond acceptors (Lipinski definition) is 4. The molecule has 0 aromatic rings. The SMILES string of the molecule is CCCC1NC(CC)N(CCN(C)CCOC)C1=O. The molecule has 2 atom stereocenters. The van der Waals surface area contributed by atoms with Crippen LogP contribution < -0.4 is 5.32 Å². The number of likely N-dealkylation sites (N-methyl/N-ethyl adjacent to an activating group) is 1. The highest BCUT2D eigenvalue weighted by molar-refractivity contribution is 5.84. The van der Waals surface area contributed by atoms with Crippen LogP contribution in [0, 0.1) is 0 Å². The third kappa shape index (κ3) is 4.75. The van der Waals surface area contributed by atoms with Gasteiger partial charge in [-0.1, -0.05) is 20.3 Å². The van der Waals surface area contributed by atoms with Gasteiger partial charge in [-0.2, -0.15) is 0 Å². The van der Waals surface area contributed by atoms with Gasteiger partial charge in [0.05, 0.1) is 18.8 Å². The Morgan fingerprint density at radius 2 is 2.11 bits per heavy atom. The van der Waals surface area contributed by atoms with Crippen LogP contribution in [0.2, 0.25) is 0 Å². The lowest BCUT2D eigenvalue weighted by Gasteiger charge is -2.26. The predicted octanol–water partition coefficient (Wildman–Crippen LogP) is 0.901. The van der Waals surface area contributed by atoms with Crippen molar-refractivity contribution < 1.29 is 9.53 Å². The lowest BCUT2D eigenvalue weighted by Crippen LogP contribution is -2.41. The molecule has 1 fully saturated rings. The second-order valence-electron chi connectivity index (χ2n) is 5.26. The Hall–Kier alpha value is -0.650. The molecular formula is C14H29N3O2. The molecule has 112 valence electrons. The Labute approximate surface area is 117 Å². The van der Waals surface area contributed by atoms with Gasteiger partial charge in [-0.3, -0.25) is 10.1 Å². The minimum Gasteiger partial charge on any atom is -0.383 e. The van der Waals surface area contributed by atoms with Crippen molar-refractivity contribution in [1.82, 2.24) is 15.1 Å². The summed E-state index contributed by atoms with van der Waals surface area (Å²) in [7, 11) is 3.78. The van der Waals surface area contributed by atoms with E-state index in [0.29, 0.717) is 0 Å². The van der Waals surface area contributed by atoms with Gasteiger partial charge in [0, 0.05) is 26.7 Å². The van der Waals surface area contributed by atoms with Crippen molar-refractivity contribution in [3.8, 4) is 0 Å². The number of carbonyl (C=O) groups excluding carboxylic acids is 1. The van der Waals surface area contributed by atoms with Crippen LogP contribution in [-0.2, 0) is 9.53 Å². The highest BCUT2D eigenvalue weighted by Gasteiger charge is 2.36. The molecule has 1 amide bonds. The maximum atomic E-state index is 12.3. The minimum absolute atomic E-state index is 0.0271. The molecule has 0 aromatic carbocycles. The van der Waals surface area contributed by atoms with E-state index in [1.807, 2.05) is 4.90 Å². The number of amides is 1. The van der Waals surface area contributed by atoms with Crippen molar-refractivity contribution in [3.63, 3.8) is 0 Å². The molecule has 5 heteroatoms. The molecule has 1 heterocycles. The van der Waals surface area contributed by atoms with Crippen molar-refractivity contribution in [3.05, 3.63) is 0 Å². The lowest BCUT2D eigenvalue weighted by molar-refractivity contribution is -0.130. The van der Waals surface area contributed by atoms with E-state index in [4.69, 9.17) is 4.74 Å². The molecular weight excluding hydrogens is 242 g/mol. The standard InChI is InChI=1S/C14H29N3O2/c1-5-7-12-14(18)17(13(6-2)15-12)9-8-16(3)10-11-19-4/h12-13,15H,5-11H2,1-4H3. The molecule has 1 aliphatic heterocycles. The van der Waals surface area contributed by atoms with Crippen LogP contribution in [0.5, 0.6) is 0 Å². The molecule has 5 nitrogen and oxygen atoms in total. The normalized spacial score (nSPS) is 23.6. The third-order valence-electron chi connectivity index (χ3n) is 3.71. The van der Waals surface area contributed by atoms with Crippen molar-refractivity contribution in [1.29, 1.82) is 0 Å². The summed E-state index contributed by atoms with van der Waals surface area (Å²) < 4.78 is 5.06. The molecule has 0 aliphatic carbocycles. The Kier molecular flexibility index (Phi) is 7.34. The van der Waals surface area contributed by atoms with E-state index >= 15 is 0 Å². The zero-order valence-electron chi connectivity index (χ0n) is 12.8. The number of hydrogen-bond donors (Lipinski definition) is 1. The fraction of sp³-hybridized carbons (Fsp3) is 0.929. The first kappa shape index (κ1) is 16.4. The lowest BCUT2D eigenvalue weighted by atomic mass is 10.2. The fourth-order valence-electron chi connectivity index (χ4n) is 2.48. The Morgan fingerprint density at radius 1 is 1.37 bits per heavy atom. The highest BCUT2D eigenvalue weighted by atomic mass is 16.5. The maximum Gasteiger partial charge on any atom is 0.241 e. The average Bonchev–Trinajstić information content (AvgIpc) is 2.71. The highest BCUT2D eigenvalue weighted by Crippen LogP contribution is 2.16. The number of nitrogens with zero attached hydrogens (tertiary/aromatic N) is 2. The fourth-order valence-corrected chi connectivity index (χ4v) is 2.48. The third-order valence-corrected chi connectivity index (χ3v) is 3.71. The number of ether oxygens (including phenoxy) is 1. The van der Waals surface area contributed by atoms with E-state index in [2.05, 4.69) is 31.1 Å². The molecule has 0 radical (unpaired) electrons. The Balaban J connectivity index is 2.43. The topological polar surface area (TPSA) is 44.8 Å². The number of nitrogens with one attached hydrogen (secondary N) is 1. The van der Waals surface area contributed by atoms with Crippen LogP contribution in [0.15, 0.2) is 0 Å². The average molecular weight is 271 g/mol. The van der Waals surface area contributed by atoms with Crippen molar-refractivity contribution >= 4 is 5.91 Å². The second-order valence-corrected chi connectivity index (χ2v) is 5.26. The van der Waals surface area contributed by atoms with E-state index in [9.17, 15) is 4.79 Å². The van der Waals surface area contributed by atoms with E-state index in [1.54, 1.807) is 7.11 Å². The number of rotatable bonds is 9. The summed E-state index contributed by atoms with van der Waals surface area (Å²) >= 11 is 0. The van der Waals surface area contributed by atoms with Gasteiger partial charge in [-0.25, -0.2) is 0 Å². The number of carbonyl (C=O) groups is 1. The molecule has 1 N–H and O–H groups in total. The quantitative estimate of drug-likeness (QED) is 0.677. The molecule has 2 unspecified atom stereocenters. The molecule has 0 bridgehead atoms. The van der Waals surface area contributed by atoms with E-state index in [-0.39, 0.29) is 18.1 Å². The van der Waals surface area contributed by atoms with Gasteiger partial charge in [0.25, 0.3) is 0 Å². The first-order chi connectivity index (χ1) is 9.13. The maximum absolute atomic E-state index is 12.3. The van der Waals surface area contributed by atoms with E-state index in [0.717, 1.165) is 45.5 Å².